The number of thiazole rings is 1. The van der Waals surface area contributed by atoms with Crippen LogP contribution in [0.1, 0.15) is 11.9 Å². The lowest BCUT2D eigenvalue weighted by atomic mass is 10.1. The summed E-state index contributed by atoms with van der Waals surface area (Å²) in [4.78, 5) is 4.65. The van der Waals surface area contributed by atoms with E-state index < -0.39 is 0 Å². The Labute approximate surface area is 184 Å². The maximum Gasteiger partial charge on any atom is 0.136 e. The van der Waals surface area contributed by atoms with Crippen LogP contribution in [0.4, 0.5) is 5.69 Å². The van der Waals surface area contributed by atoms with Gasteiger partial charge in [-0.2, -0.15) is 5.26 Å². The van der Waals surface area contributed by atoms with E-state index >= 15 is 0 Å². The first-order chi connectivity index (χ1) is 15.3. The molecule has 150 valence electrons. The Balaban J connectivity index is 1.47. The van der Waals surface area contributed by atoms with Crippen molar-refractivity contribution in [2.75, 3.05) is 5.32 Å². The Morgan fingerprint density at radius 2 is 1.81 bits per heavy atom. The van der Waals surface area contributed by atoms with Crippen LogP contribution in [0.2, 0.25) is 0 Å². The summed E-state index contributed by atoms with van der Waals surface area (Å²) in [6.45, 7) is 3.08. The summed E-state index contributed by atoms with van der Waals surface area (Å²) >= 11 is 1.48. The Morgan fingerprint density at radius 3 is 2.61 bits per heavy atom. The standard InChI is InChI=1S/C26H20N4S/c1-2-30-24-11-7-6-10-21(24)22-14-20(12-13-25(22)30)28-16-19(15-27)26-29-23(17-31-26)18-8-4-3-5-9-18/h3-14,16-17,28H,2H2,1H3/b19-16+. The molecular formula is C26H20N4S. The van der Waals surface area contributed by atoms with Gasteiger partial charge in [0, 0.05) is 51.2 Å². The zero-order valence-electron chi connectivity index (χ0n) is 17.0. The van der Waals surface area contributed by atoms with E-state index in [0.29, 0.717) is 10.6 Å². The minimum Gasteiger partial charge on any atom is -0.360 e. The van der Waals surface area contributed by atoms with Crippen LogP contribution in [0.5, 0.6) is 0 Å². The molecule has 0 bridgehead atoms. The quantitative estimate of drug-likeness (QED) is 0.314. The van der Waals surface area contributed by atoms with E-state index in [1.807, 2.05) is 35.7 Å². The fourth-order valence-corrected chi connectivity index (χ4v) is 4.72. The predicted octanol–water partition coefficient (Wildman–Crippen LogP) is 6.91. The normalized spacial score (nSPS) is 11.7. The Kier molecular flexibility index (Phi) is 4.99. The molecule has 3 aromatic carbocycles. The van der Waals surface area contributed by atoms with Crippen molar-refractivity contribution >= 4 is 44.4 Å². The highest BCUT2D eigenvalue weighted by atomic mass is 32.1. The van der Waals surface area contributed by atoms with E-state index in [-0.39, 0.29) is 0 Å². The van der Waals surface area contributed by atoms with Gasteiger partial charge in [0.25, 0.3) is 0 Å². The molecule has 0 spiro atoms. The third-order valence-corrected chi connectivity index (χ3v) is 6.27. The number of benzene rings is 3. The number of hydrogen-bond donors (Lipinski definition) is 1. The number of anilines is 1. The number of aryl methyl sites for hydroxylation is 1. The maximum atomic E-state index is 9.69. The molecule has 0 unspecified atom stereocenters. The zero-order valence-corrected chi connectivity index (χ0v) is 17.9. The second-order valence-electron chi connectivity index (χ2n) is 7.21. The van der Waals surface area contributed by atoms with E-state index in [0.717, 1.165) is 23.5 Å². The van der Waals surface area contributed by atoms with Crippen LogP contribution in [0.25, 0.3) is 38.6 Å². The molecule has 0 fully saturated rings. The van der Waals surface area contributed by atoms with Gasteiger partial charge in [0.1, 0.15) is 16.6 Å². The molecule has 0 atom stereocenters. The maximum absolute atomic E-state index is 9.69. The van der Waals surface area contributed by atoms with Gasteiger partial charge in [-0.05, 0) is 31.2 Å². The van der Waals surface area contributed by atoms with Crippen molar-refractivity contribution in [2.24, 2.45) is 0 Å². The molecule has 4 nitrogen and oxygen atoms in total. The highest BCUT2D eigenvalue weighted by Crippen LogP contribution is 2.31. The number of nitrogens with zero attached hydrogens (tertiary/aromatic N) is 3. The van der Waals surface area contributed by atoms with Crippen molar-refractivity contribution in [1.29, 1.82) is 5.26 Å². The fraction of sp³-hybridized carbons (Fsp3) is 0.0769. The number of aromatic nitrogens is 2. The van der Waals surface area contributed by atoms with E-state index in [4.69, 9.17) is 0 Å². The van der Waals surface area contributed by atoms with E-state index in [2.05, 4.69) is 70.3 Å². The number of fused-ring (bicyclic) bond motifs is 3. The topological polar surface area (TPSA) is 53.6 Å². The zero-order chi connectivity index (χ0) is 21.2. The average Bonchev–Trinajstić information content (AvgIpc) is 3.43. The second kappa shape index (κ2) is 8.10. The lowest BCUT2D eigenvalue weighted by molar-refractivity contribution is 0.827. The number of nitriles is 1. The summed E-state index contributed by atoms with van der Waals surface area (Å²) in [5, 5.41) is 18.1. The van der Waals surface area contributed by atoms with Gasteiger partial charge < -0.3 is 9.88 Å². The van der Waals surface area contributed by atoms with Gasteiger partial charge in [0.2, 0.25) is 0 Å². The van der Waals surface area contributed by atoms with Gasteiger partial charge in [0.15, 0.2) is 0 Å². The van der Waals surface area contributed by atoms with Gasteiger partial charge in [-0.3, -0.25) is 0 Å². The fourth-order valence-electron chi connectivity index (χ4n) is 3.92. The van der Waals surface area contributed by atoms with Gasteiger partial charge in [0.05, 0.1) is 5.69 Å². The summed E-state index contributed by atoms with van der Waals surface area (Å²) < 4.78 is 2.33. The molecule has 0 radical (unpaired) electrons. The van der Waals surface area contributed by atoms with Crippen molar-refractivity contribution in [2.45, 2.75) is 13.5 Å². The van der Waals surface area contributed by atoms with Crippen LogP contribution in [0.15, 0.2) is 84.4 Å². The third-order valence-electron chi connectivity index (χ3n) is 5.40. The minimum atomic E-state index is 0.517. The Morgan fingerprint density at radius 1 is 1.03 bits per heavy atom. The summed E-state index contributed by atoms with van der Waals surface area (Å²) in [7, 11) is 0. The Bertz CT molecular complexity index is 1450. The summed E-state index contributed by atoms with van der Waals surface area (Å²) in [6.07, 6.45) is 1.74. The molecule has 2 heterocycles. The minimum absolute atomic E-state index is 0.517. The van der Waals surface area contributed by atoms with Crippen LogP contribution >= 0.6 is 11.3 Å². The molecule has 5 aromatic rings. The SMILES string of the molecule is CCn1c2ccccc2c2cc(N/C=C(\C#N)c3nc(-c4ccccc4)cs3)ccc21. The summed E-state index contributed by atoms with van der Waals surface area (Å²) in [5.74, 6) is 0. The molecule has 5 heteroatoms. The van der Waals surface area contributed by atoms with Crippen LogP contribution in [-0.4, -0.2) is 9.55 Å². The van der Waals surface area contributed by atoms with Gasteiger partial charge in [-0.15, -0.1) is 11.3 Å². The summed E-state index contributed by atoms with van der Waals surface area (Å²) in [6, 6.07) is 27.1. The first kappa shape index (κ1) is 19.1. The van der Waals surface area contributed by atoms with Crippen LogP contribution in [0.3, 0.4) is 0 Å². The molecular weight excluding hydrogens is 400 g/mol. The molecule has 0 aliphatic rings. The van der Waals surface area contributed by atoms with Crippen molar-refractivity contribution in [3.63, 3.8) is 0 Å². The highest BCUT2D eigenvalue weighted by molar-refractivity contribution is 7.11. The first-order valence-corrected chi connectivity index (χ1v) is 11.1. The number of rotatable bonds is 5. The van der Waals surface area contributed by atoms with Crippen LogP contribution in [-0.2, 0) is 6.54 Å². The van der Waals surface area contributed by atoms with Gasteiger partial charge in [-0.1, -0.05) is 48.5 Å². The molecule has 31 heavy (non-hydrogen) atoms. The van der Waals surface area contributed by atoms with E-state index in [9.17, 15) is 5.26 Å². The Hall–Kier alpha value is -3.88. The van der Waals surface area contributed by atoms with E-state index in [1.54, 1.807) is 6.20 Å². The molecule has 0 aliphatic carbocycles. The molecule has 0 saturated heterocycles. The third kappa shape index (κ3) is 3.48. The van der Waals surface area contributed by atoms with Crippen LogP contribution in [0, 0.1) is 11.3 Å². The second-order valence-corrected chi connectivity index (χ2v) is 8.07. The van der Waals surface area contributed by atoms with Crippen molar-refractivity contribution in [3.05, 3.63) is 89.4 Å². The number of hydrogen-bond acceptors (Lipinski definition) is 4. The first-order valence-electron chi connectivity index (χ1n) is 10.2. The lowest BCUT2D eigenvalue weighted by Gasteiger charge is -2.05. The van der Waals surface area contributed by atoms with Crippen molar-refractivity contribution in [3.8, 4) is 17.3 Å². The van der Waals surface area contributed by atoms with Gasteiger partial charge >= 0.3 is 0 Å². The van der Waals surface area contributed by atoms with Crippen LogP contribution < -0.4 is 5.32 Å². The molecule has 5 rings (SSSR count). The molecule has 1 N–H and O–H groups in total. The number of nitrogens with one attached hydrogen (secondary N) is 1. The largest absolute Gasteiger partial charge is 0.360 e. The van der Waals surface area contributed by atoms with E-state index in [1.165, 1.54) is 33.1 Å². The molecule has 0 saturated carbocycles. The van der Waals surface area contributed by atoms with Crippen molar-refractivity contribution < 1.29 is 0 Å². The smallest absolute Gasteiger partial charge is 0.136 e. The summed E-state index contributed by atoms with van der Waals surface area (Å²) in [5.41, 5.74) is 5.85. The predicted molar refractivity (Wildman–Crippen MR) is 130 cm³/mol. The number of para-hydroxylation sites is 1. The molecule has 2 aromatic heterocycles. The monoisotopic (exact) mass is 420 g/mol. The van der Waals surface area contributed by atoms with Crippen molar-refractivity contribution in [1.82, 2.24) is 9.55 Å². The average molecular weight is 421 g/mol. The molecule has 0 aliphatic heterocycles. The lowest BCUT2D eigenvalue weighted by Crippen LogP contribution is -1.94. The number of allylic oxidation sites excluding steroid dienone is 1. The molecule has 0 amide bonds. The highest BCUT2D eigenvalue weighted by Gasteiger charge is 2.11. The van der Waals surface area contributed by atoms with Gasteiger partial charge in [-0.25, -0.2) is 4.98 Å².